The minimum atomic E-state index is 0.239. The van der Waals surface area contributed by atoms with Crippen molar-refractivity contribution in [1.29, 1.82) is 0 Å². The molecule has 6 heteroatoms. The van der Waals surface area contributed by atoms with E-state index in [-0.39, 0.29) is 6.04 Å². The molecule has 2 aromatic rings. The van der Waals surface area contributed by atoms with E-state index in [9.17, 15) is 0 Å². The fraction of sp³-hybridized carbons (Fsp3) is 0.611. The molecule has 0 aliphatic carbocycles. The fourth-order valence-corrected chi connectivity index (χ4v) is 3.98. The zero-order chi connectivity index (χ0) is 16.5. The number of hydrogen-bond donors (Lipinski definition) is 1. The molecule has 1 N–H and O–H groups in total. The van der Waals surface area contributed by atoms with E-state index >= 15 is 0 Å². The molecule has 1 saturated heterocycles. The summed E-state index contributed by atoms with van der Waals surface area (Å²) in [5.41, 5.74) is 4.63. The van der Waals surface area contributed by atoms with Crippen molar-refractivity contribution in [3.8, 4) is 11.4 Å². The van der Waals surface area contributed by atoms with E-state index in [0.29, 0.717) is 5.82 Å². The highest BCUT2D eigenvalue weighted by Gasteiger charge is 2.28. The summed E-state index contributed by atoms with van der Waals surface area (Å²) in [5.74, 6) is 1.45. The Morgan fingerprint density at radius 3 is 2.96 bits per heavy atom. The fourth-order valence-electron chi connectivity index (χ4n) is 3.98. The molecule has 24 heavy (non-hydrogen) atoms. The molecule has 0 amide bonds. The number of likely N-dealkylation sites (tertiary alicyclic amines) is 1. The third kappa shape index (κ3) is 2.74. The maximum Gasteiger partial charge on any atom is 0.244 e. The first-order valence-electron chi connectivity index (χ1n) is 9.04. The summed E-state index contributed by atoms with van der Waals surface area (Å²) in [5, 5.41) is 7.72. The van der Waals surface area contributed by atoms with Crippen LogP contribution in [-0.2, 0) is 13.0 Å². The monoisotopic (exact) mass is 327 g/mol. The van der Waals surface area contributed by atoms with E-state index in [1.165, 1.54) is 24.0 Å². The topological polar surface area (TPSA) is 67.1 Å². The third-order valence-corrected chi connectivity index (χ3v) is 5.25. The van der Waals surface area contributed by atoms with Gasteiger partial charge in [0.05, 0.1) is 6.04 Å². The van der Waals surface area contributed by atoms with Crippen molar-refractivity contribution in [2.45, 2.75) is 52.1 Å². The minimum Gasteiger partial charge on any atom is -0.337 e. The third-order valence-electron chi connectivity index (χ3n) is 5.25. The van der Waals surface area contributed by atoms with Gasteiger partial charge in [0, 0.05) is 24.0 Å². The number of nitrogens with zero attached hydrogens (tertiary/aromatic N) is 4. The van der Waals surface area contributed by atoms with Crippen molar-refractivity contribution < 1.29 is 4.52 Å². The lowest BCUT2D eigenvalue weighted by molar-refractivity contribution is 0.189. The van der Waals surface area contributed by atoms with Gasteiger partial charge in [-0.2, -0.15) is 4.98 Å². The molecule has 2 aliphatic heterocycles. The summed E-state index contributed by atoms with van der Waals surface area (Å²) < 4.78 is 5.68. The lowest BCUT2D eigenvalue weighted by Gasteiger charge is -2.22. The van der Waals surface area contributed by atoms with Crippen LogP contribution in [0.2, 0.25) is 0 Å². The van der Waals surface area contributed by atoms with E-state index in [4.69, 9.17) is 9.51 Å². The molecule has 128 valence electrons. The Balaban J connectivity index is 1.70. The molecule has 0 bridgehead atoms. The number of hydrogen-bond acceptors (Lipinski definition) is 6. The molecular weight excluding hydrogens is 302 g/mol. The highest BCUT2D eigenvalue weighted by molar-refractivity contribution is 5.64. The Morgan fingerprint density at radius 2 is 2.17 bits per heavy atom. The van der Waals surface area contributed by atoms with Crippen LogP contribution in [0.1, 0.15) is 54.9 Å². The van der Waals surface area contributed by atoms with Gasteiger partial charge < -0.3 is 9.84 Å². The molecule has 0 unspecified atom stereocenters. The van der Waals surface area contributed by atoms with Crippen molar-refractivity contribution in [3.05, 3.63) is 28.9 Å². The van der Waals surface area contributed by atoms with Gasteiger partial charge in [-0.1, -0.05) is 12.1 Å². The molecule has 2 aliphatic rings. The Kier molecular flexibility index (Phi) is 4.33. The number of aromatic nitrogens is 3. The van der Waals surface area contributed by atoms with Crippen LogP contribution in [0.4, 0.5) is 0 Å². The van der Waals surface area contributed by atoms with Gasteiger partial charge in [-0.05, 0) is 63.4 Å². The number of rotatable bonds is 4. The van der Waals surface area contributed by atoms with Crippen LogP contribution in [0, 0.1) is 6.92 Å². The second-order valence-electron chi connectivity index (χ2n) is 6.77. The van der Waals surface area contributed by atoms with E-state index in [2.05, 4.69) is 27.3 Å². The van der Waals surface area contributed by atoms with Crippen LogP contribution in [0.5, 0.6) is 0 Å². The van der Waals surface area contributed by atoms with Crippen molar-refractivity contribution >= 4 is 0 Å². The van der Waals surface area contributed by atoms with Crippen LogP contribution >= 0.6 is 0 Å². The number of aryl methyl sites for hydroxylation is 1. The maximum atomic E-state index is 5.68. The summed E-state index contributed by atoms with van der Waals surface area (Å²) in [7, 11) is 0. The van der Waals surface area contributed by atoms with Crippen LogP contribution < -0.4 is 5.32 Å². The number of pyridine rings is 1. The zero-order valence-electron chi connectivity index (χ0n) is 14.5. The van der Waals surface area contributed by atoms with Crippen molar-refractivity contribution in [2.24, 2.45) is 0 Å². The lowest BCUT2D eigenvalue weighted by atomic mass is 9.95. The average Bonchev–Trinajstić information content (AvgIpc) is 3.28. The molecule has 0 saturated carbocycles. The molecule has 4 heterocycles. The van der Waals surface area contributed by atoms with Crippen molar-refractivity contribution in [1.82, 2.24) is 25.3 Å². The largest absolute Gasteiger partial charge is 0.337 e. The van der Waals surface area contributed by atoms with Gasteiger partial charge in [-0.25, -0.2) is 0 Å². The summed E-state index contributed by atoms with van der Waals surface area (Å²) >= 11 is 0. The molecule has 0 radical (unpaired) electrons. The van der Waals surface area contributed by atoms with Crippen molar-refractivity contribution in [3.63, 3.8) is 0 Å². The van der Waals surface area contributed by atoms with Gasteiger partial charge >= 0.3 is 0 Å². The van der Waals surface area contributed by atoms with Gasteiger partial charge in [0.1, 0.15) is 0 Å². The highest BCUT2D eigenvalue weighted by atomic mass is 16.5. The summed E-state index contributed by atoms with van der Waals surface area (Å²) in [6, 6.07) is 0.239. The molecule has 0 aromatic carbocycles. The number of fused-ring (bicyclic) bond motifs is 1. The van der Waals surface area contributed by atoms with E-state index in [0.717, 1.165) is 56.2 Å². The Labute approximate surface area is 142 Å². The molecule has 6 nitrogen and oxygen atoms in total. The van der Waals surface area contributed by atoms with Gasteiger partial charge in [-0.15, -0.1) is 0 Å². The SMILES string of the molecule is CC[C@@H](c1nc(-c2c(C)ncc3c2CCNC3)no1)N1CCCC1. The van der Waals surface area contributed by atoms with Gasteiger partial charge in [0.25, 0.3) is 0 Å². The van der Waals surface area contributed by atoms with Crippen LogP contribution in [0.15, 0.2) is 10.7 Å². The average molecular weight is 327 g/mol. The van der Waals surface area contributed by atoms with Crippen LogP contribution in [-0.4, -0.2) is 39.7 Å². The summed E-state index contributed by atoms with van der Waals surface area (Å²) in [4.78, 5) is 11.8. The van der Waals surface area contributed by atoms with Crippen molar-refractivity contribution in [2.75, 3.05) is 19.6 Å². The molecule has 1 fully saturated rings. The first-order chi connectivity index (χ1) is 11.8. The maximum absolute atomic E-state index is 5.68. The smallest absolute Gasteiger partial charge is 0.244 e. The first-order valence-corrected chi connectivity index (χ1v) is 9.04. The van der Waals surface area contributed by atoms with Gasteiger partial charge in [0.15, 0.2) is 0 Å². The summed E-state index contributed by atoms with van der Waals surface area (Å²) in [6.07, 6.45) is 6.48. The molecule has 0 spiro atoms. The predicted molar refractivity (Wildman–Crippen MR) is 91.5 cm³/mol. The van der Waals surface area contributed by atoms with Gasteiger partial charge in [0.2, 0.25) is 11.7 Å². The highest BCUT2D eigenvalue weighted by Crippen LogP contribution is 2.32. The Morgan fingerprint density at radius 1 is 1.33 bits per heavy atom. The van der Waals surface area contributed by atoms with E-state index < -0.39 is 0 Å². The minimum absolute atomic E-state index is 0.239. The molecule has 4 rings (SSSR count). The predicted octanol–water partition coefficient (Wildman–Crippen LogP) is 2.63. The number of nitrogens with one attached hydrogen (secondary N) is 1. The van der Waals surface area contributed by atoms with Crippen LogP contribution in [0.3, 0.4) is 0 Å². The zero-order valence-corrected chi connectivity index (χ0v) is 14.5. The van der Waals surface area contributed by atoms with E-state index in [1.54, 1.807) is 0 Å². The Hall–Kier alpha value is -1.79. The van der Waals surface area contributed by atoms with E-state index in [1.807, 2.05) is 13.1 Å². The van der Waals surface area contributed by atoms with Crippen LogP contribution in [0.25, 0.3) is 11.4 Å². The lowest BCUT2D eigenvalue weighted by Crippen LogP contribution is -2.25. The molecule has 1 atom stereocenters. The second kappa shape index (κ2) is 6.61. The molecular formula is C18H25N5O. The normalized spacial score (nSPS) is 19.4. The van der Waals surface area contributed by atoms with Gasteiger partial charge in [-0.3, -0.25) is 9.88 Å². The molecule has 2 aromatic heterocycles. The second-order valence-corrected chi connectivity index (χ2v) is 6.77. The quantitative estimate of drug-likeness (QED) is 0.931. The first kappa shape index (κ1) is 15.7. The summed E-state index contributed by atoms with van der Waals surface area (Å²) in [6.45, 7) is 8.33. The standard InChI is InChI=1S/C18H25N5O/c1-3-15(23-8-4-5-9-23)18-21-17(22-24-18)16-12(2)20-11-13-10-19-7-6-14(13)16/h11,15,19H,3-10H2,1-2H3/t15-/m0/s1. The Bertz CT molecular complexity index is 720.